The van der Waals surface area contributed by atoms with Gasteiger partial charge in [-0.1, -0.05) is 0 Å². The average molecular weight is 584 g/mol. The van der Waals surface area contributed by atoms with Crippen LogP contribution in [0, 0.1) is 12.8 Å². The Kier molecular flexibility index (Phi) is 6.50. The summed E-state index contributed by atoms with van der Waals surface area (Å²) in [7, 11) is 1.66. The molecule has 2 N–H and O–H groups in total. The van der Waals surface area contributed by atoms with E-state index in [1.807, 2.05) is 21.4 Å². The molecule has 1 saturated carbocycles. The van der Waals surface area contributed by atoms with Gasteiger partial charge in [-0.3, -0.25) is 14.1 Å². The molecule has 4 aromatic rings. The summed E-state index contributed by atoms with van der Waals surface area (Å²) in [6.07, 6.45) is 5.39. The second kappa shape index (κ2) is 10.3. The van der Waals surface area contributed by atoms with Crippen molar-refractivity contribution in [2.24, 2.45) is 11.7 Å². The Balaban J connectivity index is 1.21. The van der Waals surface area contributed by atoms with Gasteiger partial charge >= 0.3 is 0 Å². The molecular weight excluding hydrogens is 542 g/mol. The number of ether oxygens (including phenoxy) is 2. The first-order valence-corrected chi connectivity index (χ1v) is 15.9. The number of hydrogen-bond donors (Lipinski definition) is 1. The summed E-state index contributed by atoms with van der Waals surface area (Å²) < 4.78 is 15.8. The third-order valence-electron chi connectivity index (χ3n) is 10.4. The fraction of sp³-hybridized carbons (Fsp3) is 0.545. The van der Waals surface area contributed by atoms with Crippen LogP contribution in [0.4, 0.5) is 0 Å². The number of imidazole rings is 1. The lowest BCUT2D eigenvalue weighted by molar-refractivity contribution is 0.0191. The van der Waals surface area contributed by atoms with Gasteiger partial charge in [0.2, 0.25) is 0 Å². The molecule has 3 aliphatic heterocycles. The van der Waals surface area contributed by atoms with E-state index in [2.05, 4.69) is 41.5 Å². The lowest BCUT2D eigenvalue weighted by Gasteiger charge is -2.31. The maximum Gasteiger partial charge on any atom is 0.254 e. The first-order chi connectivity index (χ1) is 20.9. The van der Waals surface area contributed by atoms with Crippen molar-refractivity contribution in [2.45, 2.75) is 76.7 Å². The van der Waals surface area contributed by atoms with Gasteiger partial charge < -0.3 is 24.7 Å². The lowest BCUT2D eigenvalue weighted by atomic mass is 9.97. The van der Waals surface area contributed by atoms with E-state index in [0.29, 0.717) is 23.0 Å². The minimum absolute atomic E-state index is 0.0254. The number of aromatic nitrogens is 4. The minimum Gasteiger partial charge on any atom is -0.482 e. The second-order valence-corrected chi connectivity index (χ2v) is 13.0. The molecule has 4 fully saturated rings. The summed E-state index contributed by atoms with van der Waals surface area (Å²) in [4.78, 5) is 28.7. The molecule has 10 nitrogen and oxygen atoms in total. The zero-order valence-corrected chi connectivity index (χ0v) is 25.3. The van der Waals surface area contributed by atoms with Crippen molar-refractivity contribution in [3.8, 4) is 17.3 Å². The van der Waals surface area contributed by atoms with Crippen LogP contribution in [0.5, 0.6) is 5.88 Å². The smallest absolute Gasteiger partial charge is 0.254 e. The van der Waals surface area contributed by atoms with E-state index in [1.54, 1.807) is 7.11 Å². The number of aryl methyl sites for hydroxylation is 1. The Morgan fingerprint density at radius 1 is 1.12 bits per heavy atom. The highest BCUT2D eigenvalue weighted by molar-refractivity contribution is 5.96. The van der Waals surface area contributed by atoms with Gasteiger partial charge in [-0.2, -0.15) is 0 Å². The number of carbonyl (C=O) groups is 1. The zero-order valence-electron chi connectivity index (χ0n) is 25.3. The van der Waals surface area contributed by atoms with Crippen molar-refractivity contribution in [1.29, 1.82) is 0 Å². The summed E-state index contributed by atoms with van der Waals surface area (Å²) in [5.41, 5.74) is 12.7. The Bertz CT molecular complexity index is 1720. The molecule has 0 aromatic carbocycles. The molecule has 1 aliphatic carbocycles. The van der Waals surface area contributed by atoms with Crippen LogP contribution in [0.2, 0.25) is 0 Å². The van der Waals surface area contributed by atoms with Crippen molar-refractivity contribution in [3.05, 3.63) is 47.3 Å². The SMILES string of the molecule is COc1cc(C(=O)N2[C@H]3CC[C@@H]2[C@H](N)C3)cc2nc(-c3cc4ccc([C@@H](C)N5CCOCC5)nc4n3CC3CC3)c(C)n12. The highest BCUT2D eigenvalue weighted by Crippen LogP contribution is 2.40. The number of rotatable bonds is 7. The van der Waals surface area contributed by atoms with Gasteiger partial charge in [0, 0.05) is 60.8 Å². The number of methoxy groups -OCH3 is 1. The number of morpholine rings is 1. The molecule has 10 heteroatoms. The Morgan fingerprint density at radius 3 is 2.63 bits per heavy atom. The number of hydrogen-bond acceptors (Lipinski definition) is 7. The van der Waals surface area contributed by atoms with Gasteiger partial charge in [-0.25, -0.2) is 9.97 Å². The summed E-state index contributed by atoms with van der Waals surface area (Å²) in [5, 5.41) is 1.12. The van der Waals surface area contributed by atoms with E-state index < -0.39 is 0 Å². The average Bonchev–Trinajstić information content (AvgIpc) is 3.35. The van der Waals surface area contributed by atoms with Crippen LogP contribution in [-0.4, -0.2) is 86.2 Å². The number of amides is 1. The normalized spacial score (nSPS) is 24.8. The van der Waals surface area contributed by atoms with E-state index in [9.17, 15) is 4.79 Å². The maximum absolute atomic E-state index is 13.8. The maximum atomic E-state index is 13.8. The van der Waals surface area contributed by atoms with E-state index >= 15 is 0 Å². The van der Waals surface area contributed by atoms with Crippen LogP contribution in [0.1, 0.15) is 66.8 Å². The van der Waals surface area contributed by atoms with Crippen LogP contribution >= 0.6 is 0 Å². The second-order valence-electron chi connectivity index (χ2n) is 13.0. The van der Waals surface area contributed by atoms with Crippen LogP contribution in [0.25, 0.3) is 28.1 Å². The van der Waals surface area contributed by atoms with Gasteiger partial charge in [-0.15, -0.1) is 0 Å². The number of nitrogens with zero attached hydrogens (tertiary/aromatic N) is 6. The van der Waals surface area contributed by atoms with E-state index in [0.717, 1.165) is 85.9 Å². The Labute approximate surface area is 251 Å². The molecule has 7 heterocycles. The summed E-state index contributed by atoms with van der Waals surface area (Å²) >= 11 is 0. The van der Waals surface area contributed by atoms with Crippen LogP contribution in [-0.2, 0) is 11.3 Å². The monoisotopic (exact) mass is 583 g/mol. The number of nitrogens with two attached hydrogens (primary N) is 1. The molecule has 1 amide bonds. The van der Waals surface area contributed by atoms with E-state index in [4.69, 9.17) is 25.2 Å². The third kappa shape index (κ3) is 4.45. The van der Waals surface area contributed by atoms with E-state index in [-0.39, 0.29) is 30.1 Å². The first-order valence-electron chi connectivity index (χ1n) is 15.9. The number of pyridine rings is 2. The predicted molar refractivity (Wildman–Crippen MR) is 164 cm³/mol. The predicted octanol–water partition coefficient (Wildman–Crippen LogP) is 4.18. The molecule has 226 valence electrons. The molecule has 8 rings (SSSR count). The minimum atomic E-state index is 0.0254. The highest BCUT2D eigenvalue weighted by atomic mass is 16.5. The largest absolute Gasteiger partial charge is 0.482 e. The van der Waals surface area contributed by atoms with Crippen molar-refractivity contribution in [3.63, 3.8) is 0 Å². The molecule has 0 radical (unpaired) electrons. The molecule has 2 bridgehead atoms. The fourth-order valence-corrected chi connectivity index (χ4v) is 7.76. The van der Waals surface area contributed by atoms with Crippen molar-refractivity contribution >= 4 is 22.6 Å². The summed E-state index contributed by atoms with van der Waals surface area (Å²) in [6.45, 7) is 8.64. The fourth-order valence-electron chi connectivity index (χ4n) is 7.76. The Morgan fingerprint density at radius 2 is 1.93 bits per heavy atom. The van der Waals surface area contributed by atoms with Gasteiger partial charge in [-0.05, 0) is 76.1 Å². The van der Waals surface area contributed by atoms with E-state index in [1.165, 1.54) is 12.8 Å². The van der Waals surface area contributed by atoms with Crippen molar-refractivity contribution in [1.82, 2.24) is 28.7 Å². The zero-order chi connectivity index (χ0) is 29.4. The third-order valence-corrected chi connectivity index (χ3v) is 10.4. The number of carbonyl (C=O) groups excluding carboxylic acids is 1. The van der Waals surface area contributed by atoms with Gasteiger partial charge in [0.05, 0.1) is 37.4 Å². The van der Waals surface area contributed by atoms with Crippen LogP contribution in [0.3, 0.4) is 0 Å². The van der Waals surface area contributed by atoms with Crippen molar-refractivity contribution < 1.29 is 14.3 Å². The molecule has 4 aliphatic rings. The molecule has 0 unspecified atom stereocenters. The summed E-state index contributed by atoms with van der Waals surface area (Å²) in [6, 6.07) is 11.0. The van der Waals surface area contributed by atoms with Gasteiger partial charge in [0.1, 0.15) is 17.0 Å². The standard InChI is InChI=1S/C33H41N7O3/c1-19(37-10-12-43-13-11-37)26-8-6-22-14-28(38(32(22)35-26)18-21-4-5-21)31-20(2)39-29(36-31)15-23(16-30(39)42-3)33(41)40-24-7-9-27(40)25(34)17-24/h6,8,14-16,19,21,24-25,27H,4-5,7,9-13,17-18,34H2,1-3H3/t19-,24+,25-,27-/m1/s1. The quantitative estimate of drug-likeness (QED) is 0.348. The molecule has 3 saturated heterocycles. The molecule has 4 atom stereocenters. The first kappa shape index (κ1) is 27.1. The summed E-state index contributed by atoms with van der Waals surface area (Å²) in [5.74, 6) is 1.30. The molecule has 43 heavy (non-hydrogen) atoms. The van der Waals surface area contributed by atoms with Crippen LogP contribution < -0.4 is 10.5 Å². The van der Waals surface area contributed by atoms with Crippen LogP contribution in [0.15, 0.2) is 30.3 Å². The molecule has 4 aromatic heterocycles. The molecular formula is C33H41N7O3. The number of fused-ring (bicyclic) bond motifs is 4. The highest BCUT2D eigenvalue weighted by Gasteiger charge is 2.47. The van der Waals surface area contributed by atoms with Gasteiger partial charge in [0.15, 0.2) is 5.88 Å². The van der Waals surface area contributed by atoms with Gasteiger partial charge in [0.25, 0.3) is 5.91 Å². The Hall–Kier alpha value is -3.47. The van der Waals surface area contributed by atoms with Crippen molar-refractivity contribution in [2.75, 3.05) is 33.4 Å². The topological polar surface area (TPSA) is 103 Å². The lowest BCUT2D eigenvalue weighted by Crippen LogP contribution is -2.40. The molecule has 0 spiro atoms.